The molecule has 2 fully saturated rings. The van der Waals surface area contributed by atoms with E-state index >= 15 is 0 Å². The number of nitrogens with one attached hydrogen (secondary N) is 1. The van der Waals surface area contributed by atoms with Gasteiger partial charge in [-0.3, -0.25) is 4.90 Å². The molecule has 2 bridgehead atoms. The van der Waals surface area contributed by atoms with Crippen molar-refractivity contribution >= 4 is 0 Å². The lowest BCUT2D eigenvalue weighted by Gasteiger charge is -2.39. The van der Waals surface area contributed by atoms with E-state index in [4.69, 9.17) is 4.74 Å². The quantitative estimate of drug-likeness (QED) is 0.755. The summed E-state index contributed by atoms with van der Waals surface area (Å²) >= 11 is 0. The molecule has 2 aliphatic rings. The van der Waals surface area contributed by atoms with E-state index in [0.717, 1.165) is 25.6 Å². The minimum atomic E-state index is 0.516. The third kappa shape index (κ3) is 2.52. The van der Waals surface area contributed by atoms with Crippen LogP contribution in [0, 0.1) is 5.92 Å². The predicted molar refractivity (Wildman–Crippen MR) is 62.0 cm³/mol. The predicted octanol–water partition coefficient (Wildman–Crippen LogP) is 1.09. The zero-order chi connectivity index (χ0) is 10.8. The van der Waals surface area contributed by atoms with Gasteiger partial charge in [0.05, 0.1) is 12.2 Å². The third-order valence-corrected chi connectivity index (χ3v) is 3.72. The number of morpholine rings is 1. The molecule has 0 amide bonds. The molecule has 3 nitrogen and oxygen atoms in total. The number of nitrogens with zero attached hydrogens (tertiary/aromatic N) is 1. The fraction of sp³-hybridized carbons (Fsp3) is 1.00. The lowest BCUT2D eigenvalue weighted by atomic mass is 10.0. The van der Waals surface area contributed by atoms with Gasteiger partial charge in [0.25, 0.3) is 0 Å². The van der Waals surface area contributed by atoms with Crippen LogP contribution in [0.25, 0.3) is 0 Å². The molecule has 2 rings (SSSR count). The first kappa shape index (κ1) is 11.4. The smallest absolute Gasteiger partial charge is 0.0707 e. The number of rotatable bonds is 4. The summed E-state index contributed by atoms with van der Waals surface area (Å²) in [5.74, 6) is 0.718. The molecule has 0 saturated carbocycles. The van der Waals surface area contributed by atoms with Gasteiger partial charge in [0.2, 0.25) is 0 Å². The molecule has 3 unspecified atom stereocenters. The summed E-state index contributed by atoms with van der Waals surface area (Å²) < 4.78 is 5.87. The van der Waals surface area contributed by atoms with E-state index in [1.807, 2.05) is 7.05 Å². The fourth-order valence-electron chi connectivity index (χ4n) is 2.91. The van der Waals surface area contributed by atoms with Crippen LogP contribution in [-0.2, 0) is 4.74 Å². The third-order valence-electron chi connectivity index (χ3n) is 3.72. The summed E-state index contributed by atoms with van der Waals surface area (Å²) in [6.45, 7) is 8.01. The summed E-state index contributed by atoms with van der Waals surface area (Å²) in [5, 5.41) is 3.31. The Morgan fingerprint density at radius 2 is 1.87 bits per heavy atom. The molecule has 88 valence electrons. The van der Waals surface area contributed by atoms with Crippen LogP contribution >= 0.6 is 0 Å². The van der Waals surface area contributed by atoms with Crippen molar-refractivity contribution in [2.75, 3.05) is 26.7 Å². The zero-order valence-corrected chi connectivity index (χ0v) is 10.2. The van der Waals surface area contributed by atoms with Crippen molar-refractivity contribution < 1.29 is 4.74 Å². The van der Waals surface area contributed by atoms with E-state index in [1.165, 1.54) is 12.8 Å². The molecule has 0 aromatic rings. The largest absolute Gasteiger partial charge is 0.372 e. The molecule has 2 saturated heterocycles. The molecule has 3 atom stereocenters. The highest BCUT2D eigenvalue weighted by atomic mass is 16.5. The minimum absolute atomic E-state index is 0.516. The van der Waals surface area contributed by atoms with E-state index in [-0.39, 0.29) is 0 Å². The van der Waals surface area contributed by atoms with Crippen LogP contribution in [0.2, 0.25) is 0 Å². The Bertz CT molecular complexity index is 196. The molecule has 2 heterocycles. The van der Waals surface area contributed by atoms with E-state index in [0.29, 0.717) is 18.2 Å². The van der Waals surface area contributed by atoms with Crippen molar-refractivity contribution in [2.45, 2.75) is 44.9 Å². The average molecular weight is 212 g/mol. The summed E-state index contributed by atoms with van der Waals surface area (Å²) in [6.07, 6.45) is 3.57. The van der Waals surface area contributed by atoms with Crippen LogP contribution in [-0.4, -0.2) is 49.8 Å². The molecule has 0 aromatic carbocycles. The maximum atomic E-state index is 5.87. The van der Waals surface area contributed by atoms with Gasteiger partial charge in [-0.2, -0.15) is 0 Å². The van der Waals surface area contributed by atoms with Crippen molar-refractivity contribution in [2.24, 2.45) is 5.92 Å². The standard InChI is InChI=1S/C12H24N2O/c1-9(2)12(6-13-3)14-7-10-4-5-11(8-14)15-10/h9-13H,4-8H2,1-3H3. The Morgan fingerprint density at radius 1 is 1.27 bits per heavy atom. The SMILES string of the molecule is CNCC(C(C)C)N1CC2CCC(C1)O2. The molecule has 1 N–H and O–H groups in total. The van der Waals surface area contributed by atoms with E-state index in [2.05, 4.69) is 24.1 Å². The first-order valence-electron chi connectivity index (χ1n) is 6.24. The van der Waals surface area contributed by atoms with Crippen LogP contribution < -0.4 is 5.32 Å². The summed E-state index contributed by atoms with van der Waals surface area (Å²) in [6, 6.07) is 0.669. The van der Waals surface area contributed by atoms with Gasteiger partial charge in [0.15, 0.2) is 0 Å². The molecular formula is C12H24N2O. The highest BCUT2D eigenvalue weighted by Crippen LogP contribution is 2.28. The summed E-state index contributed by atoms with van der Waals surface area (Å²) in [4.78, 5) is 2.63. The maximum absolute atomic E-state index is 5.87. The highest BCUT2D eigenvalue weighted by Gasteiger charge is 2.36. The molecule has 0 aromatic heterocycles. The van der Waals surface area contributed by atoms with Crippen LogP contribution in [0.3, 0.4) is 0 Å². The normalized spacial score (nSPS) is 33.6. The number of hydrogen-bond donors (Lipinski definition) is 1. The lowest BCUT2D eigenvalue weighted by Crippen LogP contribution is -2.52. The van der Waals surface area contributed by atoms with Gasteiger partial charge in [0.1, 0.15) is 0 Å². The van der Waals surface area contributed by atoms with Gasteiger partial charge < -0.3 is 10.1 Å². The Kier molecular flexibility index (Phi) is 3.65. The van der Waals surface area contributed by atoms with Crippen LogP contribution in [0.5, 0.6) is 0 Å². The van der Waals surface area contributed by atoms with Crippen molar-refractivity contribution in [1.82, 2.24) is 10.2 Å². The molecule has 0 radical (unpaired) electrons. The maximum Gasteiger partial charge on any atom is 0.0707 e. The zero-order valence-electron chi connectivity index (χ0n) is 10.2. The lowest BCUT2D eigenvalue weighted by molar-refractivity contribution is -0.0583. The fourth-order valence-corrected chi connectivity index (χ4v) is 2.91. The second-order valence-electron chi connectivity index (χ2n) is 5.28. The number of ether oxygens (including phenoxy) is 1. The molecule has 15 heavy (non-hydrogen) atoms. The van der Waals surface area contributed by atoms with Crippen LogP contribution in [0.4, 0.5) is 0 Å². The van der Waals surface area contributed by atoms with Crippen LogP contribution in [0.1, 0.15) is 26.7 Å². The Morgan fingerprint density at radius 3 is 2.33 bits per heavy atom. The van der Waals surface area contributed by atoms with Gasteiger partial charge >= 0.3 is 0 Å². The Labute approximate surface area is 93.2 Å². The molecular weight excluding hydrogens is 188 g/mol. The average Bonchev–Trinajstić information content (AvgIpc) is 2.54. The van der Waals surface area contributed by atoms with Crippen molar-refractivity contribution in [3.63, 3.8) is 0 Å². The van der Waals surface area contributed by atoms with Gasteiger partial charge in [-0.05, 0) is 25.8 Å². The van der Waals surface area contributed by atoms with Gasteiger partial charge in [-0.25, -0.2) is 0 Å². The van der Waals surface area contributed by atoms with Crippen molar-refractivity contribution in [3.8, 4) is 0 Å². The van der Waals surface area contributed by atoms with Crippen molar-refractivity contribution in [1.29, 1.82) is 0 Å². The van der Waals surface area contributed by atoms with Gasteiger partial charge in [-0.1, -0.05) is 13.8 Å². The second-order valence-corrected chi connectivity index (χ2v) is 5.28. The number of hydrogen-bond acceptors (Lipinski definition) is 3. The molecule has 2 aliphatic heterocycles. The monoisotopic (exact) mass is 212 g/mol. The molecule has 3 heteroatoms. The first-order chi connectivity index (χ1) is 7.20. The van der Waals surface area contributed by atoms with E-state index in [9.17, 15) is 0 Å². The number of likely N-dealkylation sites (tertiary alicyclic amines) is 1. The summed E-state index contributed by atoms with van der Waals surface area (Å²) in [7, 11) is 2.05. The van der Waals surface area contributed by atoms with E-state index < -0.39 is 0 Å². The Balaban J connectivity index is 1.95. The topological polar surface area (TPSA) is 24.5 Å². The highest BCUT2D eigenvalue weighted by molar-refractivity contribution is 4.89. The number of likely N-dealkylation sites (N-methyl/N-ethyl adjacent to an activating group) is 1. The second kappa shape index (κ2) is 4.81. The molecule has 0 aliphatic carbocycles. The Hall–Kier alpha value is -0.120. The van der Waals surface area contributed by atoms with Gasteiger partial charge in [-0.15, -0.1) is 0 Å². The van der Waals surface area contributed by atoms with Gasteiger partial charge in [0, 0.05) is 25.7 Å². The van der Waals surface area contributed by atoms with E-state index in [1.54, 1.807) is 0 Å². The first-order valence-corrected chi connectivity index (χ1v) is 6.24. The van der Waals surface area contributed by atoms with Crippen molar-refractivity contribution in [3.05, 3.63) is 0 Å². The van der Waals surface area contributed by atoms with Crippen LogP contribution in [0.15, 0.2) is 0 Å². The summed E-state index contributed by atoms with van der Waals surface area (Å²) in [5.41, 5.74) is 0. The number of fused-ring (bicyclic) bond motifs is 2. The molecule has 0 spiro atoms. The minimum Gasteiger partial charge on any atom is -0.372 e.